The molecule has 3 fully saturated rings. The molecule has 3 saturated carbocycles. The Hall–Kier alpha value is 0.440. The van der Waals surface area contributed by atoms with Gasteiger partial charge in [0.25, 0.3) is 0 Å². The molecule has 0 spiro atoms. The van der Waals surface area contributed by atoms with Gasteiger partial charge in [-0.05, 0) is 30.6 Å². The fourth-order valence-electron chi connectivity index (χ4n) is 4.18. The third kappa shape index (κ3) is 0.657. The molecule has 13 heavy (non-hydrogen) atoms. The molecule has 3 aliphatic rings. The van der Waals surface area contributed by atoms with E-state index in [9.17, 15) is 5.11 Å². The van der Waals surface area contributed by atoms with Crippen molar-refractivity contribution in [1.29, 1.82) is 0 Å². The van der Waals surface area contributed by atoms with Crippen molar-refractivity contribution in [2.75, 3.05) is 0 Å². The predicted octanol–water partition coefficient (Wildman–Crippen LogP) is 2.57. The quantitative estimate of drug-likeness (QED) is 0.741. The van der Waals surface area contributed by atoms with E-state index in [-0.39, 0.29) is 6.10 Å². The number of hydrogen-bond donors (Lipinski definition) is 1. The summed E-state index contributed by atoms with van der Waals surface area (Å²) in [5, 5.41) is 10.2. The molecule has 0 bridgehead atoms. The number of rotatable bonds is 2. The van der Waals surface area contributed by atoms with Crippen LogP contribution in [-0.2, 0) is 0 Å². The van der Waals surface area contributed by atoms with E-state index in [1.165, 1.54) is 19.3 Å². The lowest BCUT2D eigenvalue weighted by molar-refractivity contribution is 0.0391. The molecule has 0 heterocycles. The second-order valence-electron chi connectivity index (χ2n) is 5.43. The summed E-state index contributed by atoms with van der Waals surface area (Å²) in [5.74, 6) is 2.03. The number of alkyl halides is 1. The maximum Gasteiger partial charge on any atom is 0.0639 e. The first-order chi connectivity index (χ1) is 6.08. The van der Waals surface area contributed by atoms with Crippen LogP contribution in [0.3, 0.4) is 0 Å². The summed E-state index contributed by atoms with van der Waals surface area (Å²) < 4.78 is 0.391. The Morgan fingerprint density at radius 2 is 1.85 bits per heavy atom. The topological polar surface area (TPSA) is 20.2 Å². The van der Waals surface area contributed by atoms with Crippen molar-refractivity contribution >= 4 is 15.9 Å². The molecule has 0 aromatic heterocycles. The molecule has 0 radical (unpaired) electrons. The molecular formula is C11H17BrO. The van der Waals surface area contributed by atoms with Crippen molar-refractivity contribution in [3.8, 4) is 0 Å². The molecule has 1 N–H and O–H groups in total. The molecular weight excluding hydrogens is 228 g/mol. The van der Waals surface area contributed by atoms with E-state index in [4.69, 9.17) is 0 Å². The van der Waals surface area contributed by atoms with E-state index in [1.807, 2.05) is 0 Å². The normalized spacial score (nSPS) is 58.8. The van der Waals surface area contributed by atoms with Gasteiger partial charge in [-0.25, -0.2) is 0 Å². The van der Waals surface area contributed by atoms with Gasteiger partial charge in [-0.2, -0.15) is 0 Å². The molecule has 1 nitrogen and oxygen atoms in total. The van der Waals surface area contributed by atoms with E-state index >= 15 is 0 Å². The average molecular weight is 245 g/mol. The van der Waals surface area contributed by atoms with Crippen molar-refractivity contribution in [2.24, 2.45) is 23.2 Å². The van der Waals surface area contributed by atoms with Crippen LogP contribution in [0.15, 0.2) is 0 Å². The van der Waals surface area contributed by atoms with Crippen LogP contribution in [0.4, 0.5) is 0 Å². The van der Waals surface area contributed by atoms with E-state index in [0.29, 0.717) is 15.7 Å². The van der Waals surface area contributed by atoms with Gasteiger partial charge < -0.3 is 5.11 Å². The molecule has 0 saturated heterocycles. The molecule has 3 rings (SSSR count). The minimum atomic E-state index is -0.0674. The highest BCUT2D eigenvalue weighted by atomic mass is 79.9. The van der Waals surface area contributed by atoms with Crippen LogP contribution in [0.5, 0.6) is 0 Å². The van der Waals surface area contributed by atoms with Gasteiger partial charge in [0.2, 0.25) is 0 Å². The van der Waals surface area contributed by atoms with Crippen LogP contribution in [0.1, 0.15) is 33.1 Å². The van der Waals surface area contributed by atoms with E-state index in [1.54, 1.807) is 0 Å². The molecule has 2 heteroatoms. The fraction of sp³-hybridized carbons (Fsp3) is 1.00. The number of aliphatic hydroxyl groups is 1. The summed E-state index contributed by atoms with van der Waals surface area (Å²) in [6.45, 7) is 4.28. The maximum atomic E-state index is 10.2. The molecule has 3 aliphatic carbocycles. The van der Waals surface area contributed by atoms with Crippen molar-refractivity contribution in [3.05, 3.63) is 0 Å². The summed E-state index contributed by atoms with van der Waals surface area (Å²) in [4.78, 5) is 0. The predicted molar refractivity (Wildman–Crippen MR) is 55.8 cm³/mol. The highest BCUT2D eigenvalue weighted by Crippen LogP contribution is 2.96. The standard InChI is InChI=1S/C11H17BrO/c1-6(2)9(13)10-7-4-3-5-8(10)11(7,10)12/h6-9,13H,3-5H2,1-2H3. The van der Waals surface area contributed by atoms with Gasteiger partial charge >= 0.3 is 0 Å². The summed E-state index contributed by atoms with van der Waals surface area (Å²) in [6, 6.07) is 0. The van der Waals surface area contributed by atoms with Crippen LogP contribution in [0.25, 0.3) is 0 Å². The molecule has 0 amide bonds. The van der Waals surface area contributed by atoms with Gasteiger partial charge in [0.15, 0.2) is 0 Å². The van der Waals surface area contributed by atoms with Gasteiger partial charge in [0.05, 0.1) is 6.10 Å². The highest BCUT2D eigenvalue weighted by Gasteiger charge is 2.98. The Balaban J connectivity index is 1.87. The van der Waals surface area contributed by atoms with Gasteiger partial charge in [0, 0.05) is 9.74 Å². The smallest absolute Gasteiger partial charge is 0.0639 e. The van der Waals surface area contributed by atoms with Crippen molar-refractivity contribution in [2.45, 2.75) is 43.5 Å². The highest BCUT2D eigenvalue weighted by molar-refractivity contribution is 9.10. The van der Waals surface area contributed by atoms with Crippen molar-refractivity contribution in [3.63, 3.8) is 0 Å². The van der Waals surface area contributed by atoms with Gasteiger partial charge in [0.1, 0.15) is 0 Å². The maximum absolute atomic E-state index is 10.2. The van der Waals surface area contributed by atoms with Gasteiger partial charge in [-0.3, -0.25) is 0 Å². The van der Waals surface area contributed by atoms with Gasteiger partial charge in [-0.15, -0.1) is 0 Å². The molecule has 0 aromatic rings. The van der Waals surface area contributed by atoms with Crippen LogP contribution in [0, 0.1) is 23.2 Å². The zero-order chi connectivity index (χ0) is 9.43. The number of halogens is 1. The van der Waals surface area contributed by atoms with Crippen LogP contribution < -0.4 is 0 Å². The summed E-state index contributed by atoms with van der Waals surface area (Å²) in [5.41, 5.74) is 0.319. The summed E-state index contributed by atoms with van der Waals surface area (Å²) >= 11 is 3.87. The molecule has 0 aliphatic heterocycles. The molecule has 0 aromatic carbocycles. The second-order valence-corrected chi connectivity index (χ2v) is 6.74. The monoisotopic (exact) mass is 244 g/mol. The number of hydrogen-bond acceptors (Lipinski definition) is 1. The lowest BCUT2D eigenvalue weighted by Crippen LogP contribution is -2.30. The lowest BCUT2D eigenvalue weighted by Gasteiger charge is -2.30. The van der Waals surface area contributed by atoms with Crippen molar-refractivity contribution in [1.82, 2.24) is 0 Å². The molecule has 74 valence electrons. The number of aliphatic hydroxyl groups excluding tert-OH is 1. The fourth-order valence-corrected chi connectivity index (χ4v) is 5.95. The van der Waals surface area contributed by atoms with Crippen molar-refractivity contribution < 1.29 is 5.11 Å². The molecule has 3 atom stereocenters. The third-order valence-electron chi connectivity index (χ3n) is 4.77. The molecule has 3 unspecified atom stereocenters. The average Bonchev–Trinajstić information content (AvgIpc) is 2.89. The lowest BCUT2D eigenvalue weighted by atomic mass is 9.78. The third-order valence-corrected chi connectivity index (χ3v) is 6.56. The first kappa shape index (κ1) is 8.72. The summed E-state index contributed by atoms with van der Waals surface area (Å²) in [6.07, 6.45) is 3.99. The van der Waals surface area contributed by atoms with Crippen LogP contribution in [0.2, 0.25) is 0 Å². The zero-order valence-corrected chi connectivity index (χ0v) is 9.84. The van der Waals surface area contributed by atoms with E-state index in [0.717, 1.165) is 11.8 Å². The summed E-state index contributed by atoms with van der Waals surface area (Å²) in [7, 11) is 0. The minimum Gasteiger partial charge on any atom is -0.392 e. The Morgan fingerprint density at radius 3 is 2.23 bits per heavy atom. The minimum absolute atomic E-state index is 0.0674. The first-order valence-electron chi connectivity index (χ1n) is 5.45. The van der Waals surface area contributed by atoms with E-state index in [2.05, 4.69) is 29.8 Å². The van der Waals surface area contributed by atoms with Crippen LogP contribution in [-0.4, -0.2) is 15.5 Å². The number of fused-ring (bicyclic) bond motifs is 2. The largest absolute Gasteiger partial charge is 0.392 e. The first-order valence-corrected chi connectivity index (χ1v) is 6.24. The zero-order valence-electron chi connectivity index (χ0n) is 8.26. The Bertz CT molecular complexity index is 249. The Morgan fingerprint density at radius 1 is 1.31 bits per heavy atom. The van der Waals surface area contributed by atoms with Gasteiger partial charge in [-0.1, -0.05) is 36.2 Å². The SMILES string of the molecule is CC(C)C(O)C12C3CCCC1C32Br. The Labute approximate surface area is 88.0 Å². The van der Waals surface area contributed by atoms with E-state index < -0.39 is 0 Å². The second kappa shape index (κ2) is 2.16. The Kier molecular flexibility index (Phi) is 1.45. The van der Waals surface area contributed by atoms with Crippen LogP contribution >= 0.6 is 15.9 Å².